The summed E-state index contributed by atoms with van der Waals surface area (Å²) in [4.78, 5) is 24.0. The monoisotopic (exact) mass is 485 g/mol. The highest BCUT2D eigenvalue weighted by molar-refractivity contribution is 5.89. The van der Waals surface area contributed by atoms with Gasteiger partial charge in [-0.15, -0.1) is 5.10 Å². The second kappa shape index (κ2) is 9.26. The molecular weight excluding hydrogens is 461 g/mol. The summed E-state index contributed by atoms with van der Waals surface area (Å²) in [6.07, 6.45) is 1.35. The van der Waals surface area contributed by atoms with E-state index >= 15 is 0 Å². The van der Waals surface area contributed by atoms with Crippen LogP contribution in [0.15, 0.2) is 72.8 Å². The largest absolute Gasteiger partial charge is 0.481 e. The second-order valence-electron chi connectivity index (χ2n) is 8.88. The molecular formula is C27H24FN5O3. The molecule has 0 saturated heterocycles. The van der Waals surface area contributed by atoms with Gasteiger partial charge in [0.05, 0.1) is 11.1 Å². The van der Waals surface area contributed by atoms with E-state index in [0.717, 1.165) is 16.7 Å². The van der Waals surface area contributed by atoms with Crippen molar-refractivity contribution in [3.05, 3.63) is 95.4 Å². The molecule has 0 spiro atoms. The van der Waals surface area contributed by atoms with Gasteiger partial charge in [0.25, 0.3) is 0 Å². The maximum absolute atomic E-state index is 13.4. The summed E-state index contributed by atoms with van der Waals surface area (Å²) in [5, 5.41) is 23.2. The predicted molar refractivity (Wildman–Crippen MR) is 132 cm³/mol. The van der Waals surface area contributed by atoms with Crippen LogP contribution in [-0.4, -0.2) is 32.1 Å². The van der Waals surface area contributed by atoms with Crippen molar-refractivity contribution < 1.29 is 19.1 Å². The molecule has 5 rings (SSSR count). The van der Waals surface area contributed by atoms with Crippen molar-refractivity contribution in [2.45, 2.75) is 31.7 Å². The number of nitrogens with zero attached hydrogens (tertiary/aromatic N) is 3. The topological polar surface area (TPSA) is 109 Å². The first-order chi connectivity index (χ1) is 17.4. The minimum atomic E-state index is -0.769. The van der Waals surface area contributed by atoms with Crippen molar-refractivity contribution >= 4 is 17.8 Å². The number of anilines is 1. The van der Waals surface area contributed by atoms with Crippen LogP contribution >= 0.6 is 0 Å². The lowest BCUT2D eigenvalue weighted by molar-refractivity contribution is -0.140. The number of hydrogen-bond acceptors (Lipinski definition) is 4. The minimum absolute atomic E-state index is 0.172. The van der Waals surface area contributed by atoms with Gasteiger partial charge in [0.1, 0.15) is 11.5 Å². The van der Waals surface area contributed by atoms with E-state index < -0.39 is 17.4 Å². The van der Waals surface area contributed by atoms with Crippen LogP contribution in [-0.2, 0) is 16.8 Å². The Morgan fingerprint density at radius 3 is 2.31 bits per heavy atom. The molecule has 0 unspecified atom stereocenters. The quantitative estimate of drug-likeness (QED) is 0.348. The molecule has 0 radical (unpaired) electrons. The number of nitrogens with one attached hydrogen (secondary N) is 2. The number of aliphatic carboxylic acids is 1. The zero-order valence-electron chi connectivity index (χ0n) is 19.5. The van der Waals surface area contributed by atoms with Gasteiger partial charge in [-0.1, -0.05) is 53.7 Å². The molecule has 1 aliphatic rings. The molecule has 9 heteroatoms. The number of benzene rings is 3. The number of carboxylic acid groups (broad SMARTS) is 1. The van der Waals surface area contributed by atoms with Crippen molar-refractivity contribution in [2.75, 3.05) is 5.32 Å². The van der Waals surface area contributed by atoms with Gasteiger partial charge in [0.2, 0.25) is 0 Å². The third-order valence-corrected chi connectivity index (χ3v) is 6.45. The molecule has 2 amide bonds. The van der Waals surface area contributed by atoms with Gasteiger partial charge in [-0.05, 0) is 66.3 Å². The van der Waals surface area contributed by atoms with Crippen LogP contribution in [0.4, 0.5) is 15.0 Å². The highest BCUT2D eigenvalue weighted by Gasteiger charge is 2.51. The van der Waals surface area contributed by atoms with Gasteiger partial charge < -0.3 is 10.4 Å². The van der Waals surface area contributed by atoms with Crippen molar-refractivity contribution in [1.29, 1.82) is 0 Å². The molecule has 182 valence electrons. The molecule has 1 fully saturated rings. The van der Waals surface area contributed by atoms with Crippen LogP contribution < -0.4 is 10.6 Å². The number of aromatic nitrogens is 3. The van der Waals surface area contributed by atoms with E-state index in [-0.39, 0.29) is 12.4 Å². The summed E-state index contributed by atoms with van der Waals surface area (Å²) >= 11 is 0. The van der Waals surface area contributed by atoms with Crippen molar-refractivity contribution in [3.63, 3.8) is 0 Å². The summed E-state index contributed by atoms with van der Waals surface area (Å²) in [6, 6.07) is 20.8. The van der Waals surface area contributed by atoms with E-state index in [1.165, 1.54) is 16.8 Å². The average Bonchev–Trinajstić information content (AvgIpc) is 3.63. The number of carbonyl (C=O) groups excluding carboxylic acids is 1. The Kier molecular flexibility index (Phi) is 5.97. The third kappa shape index (κ3) is 4.55. The van der Waals surface area contributed by atoms with Crippen LogP contribution in [0.5, 0.6) is 0 Å². The maximum atomic E-state index is 13.4. The highest BCUT2D eigenvalue weighted by atomic mass is 19.1. The molecule has 3 N–H and O–H groups in total. The lowest BCUT2D eigenvalue weighted by Crippen LogP contribution is -2.29. The first-order valence-corrected chi connectivity index (χ1v) is 11.5. The molecule has 0 bridgehead atoms. The maximum Gasteiger partial charge on any atom is 0.320 e. The van der Waals surface area contributed by atoms with Gasteiger partial charge >= 0.3 is 12.0 Å². The smallest absolute Gasteiger partial charge is 0.320 e. The van der Waals surface area contributed by atoms with Gasteiger partial charge in [-0.2, -0.15) is 4.68 Å². The lowest BCUT2D eigenvalue weighted by atomic mass is 9.94. The molecule has 36 heavy (non-hydrogen) atoms. The molecule has 3 aromatic carbocycles. The fourth-order valence-electron chi connectivity index (χ4n) is 4.19. The number of aryl methyl sites for hydroxylation is 1. The molecule has 1 heterocycles. The normalized spacial score (nSPS) is 13.7. The highest BCUT2D eigenvalue weighted by Crippen LogP contribution is 2.48. The number of hydrogen-bond donors (Lipinski definition) is 3. The Hall–Kier alpha value is -4.53. The Morgan fingerprint density at radius 2 is 1.69 bits per heavy atom. The SMILES string of the molecule is Cc1nnn(-c2ccc(-c3ccc(C4(C(=O)O)CC4)cc3)cc2)c1NC(=O)NCc1cccc(F)c1. The number of rotatable bonds is 7. The molecule has 0 aliphatic heterocycles. The summed E-state index contributed by atoms with van der Waals surface area (Å²) in [5.74, 6) is -0.707. The Balaban J connectivity index is 1.28. The van der Waals surface area contributed by atoms with Gasteiger partial charge in [-0.25, -0.2) is 9.18 Å². The molecule has 4 aromatic rings. The van der Waals surface area contributed by atoms with E-state index in [2.05, 4.69) is 20.9 Å². The third-order valence-electron chi connectivity index (χ3n) is 6.45. The molecule has 1 aliphatic carbocycles. The van der Waals surface area contributed by atoms with Crippen LogP contribution in [0.2, 0.25) is 0 Å². The zero-order valence-corrected chi connectivity index (χ0v) is 19.5. The number of halogens is 1. The van der Waals surface area contributed by atoms with Gasteiger partial charge in [-0.3, -0.25) is 10.1 Å². The van der Waals surface area contributed by atoms with E-state index in [9.17, 15) is 19.1 Å². The molecule has 1 saturated carbocycles. The summed E-state index contributed by atoms with van der Waals surface area (Å²) in [6.45, 7) is 1.91. The first kappa shape index (κ1) is 23.2. The average molecular weight is 486 g/mol. The standard InChI is InChI=1S/C27H24FN5O3/c1-17-24(30-26(36)29-16-18-3-2-4-22(28)15-18)33(32-31-17)23-11-7-20(8-12-23)19-5-9-21(10-6-19)27(13-14-27)25(34)35/h2-12,15H,13-14,16H2,1H3,(H,34,35)(H2,29,30,36). The van der Waals surface area contributed by atoms with Gasteiger partial charge in [0, 0.05) is 6.54 Å². The number of carboxylic acids is 1. The van der Waals surface area contributed by atoms with Crippen molar-refractivity contribution in [3.8, 4) is 16.8 Å². The van der Waals surface area contributed by atoms with Crippen LogP contribution in [0.3, 0.4) is 0 Å². The van der Waals surface area contributed by atoms with E-state index in [0.29, 0.717) is 35.6 Å². The predicted octanol–water partition coefficient (Wildman–Crippen LogP) is 4.82. The van der Waals surface area contributed by atoms with E-state index in [1.807, 2.05) is 48.5 Å². The Labute approximate surface area is 206 Å². The van der Waals surface area contributed by atoms with E-state index in [1.54, 1.807) is 19.1 Å². The van der Waals surface area contributed by atoms with Crippen molar-refractivity contribution in [2.24, 2.45) is 0 Å². The Morgan fingerprint density at radius 1 is 1.03 bits per heavy atom. The Bertz CT molecular complexity index is 1430. The summed E-state index contributed by atoms with van der Waals surface area (Å²) < 4.78 is 14.9. The summed E-state index contributed by atoms with van der Waals surface area (Å²) in [7, 11) is 0. The van der Waals surface area contributed by atoms with E-state index in [4.69, 9.17) is 0 Å². The van der Waals surface area contributed by atoms with Crippen molar-refractivity contribution in [1.82, 2.24) is 20.3 Å². The molecule has 0 atom stereocenters. The zero-order chi connectivity index (χ0) is 25.3. The molecule has 8 nitrogen and oxygen atoms in total. The number of amides is 2. The number of carbonyl (C=O) groups is 2. The minimum Gasteiger partial charge on any atom is -0.481 e. The summed E-state index contributed by atoms with van der Waals surface area (Å²) in [5.41, 5.74) is 3.94. The van der Waals surface area contributed by atoms with Crippen LogP contribution in [0, 0.1) is 12.7 Å². The fraction of sp³-hybridized carbons (Fsp3) is 0.185. The number of urea groups is 1. The van der Waals surface area contributed by atoms with Crippen LogP contribution in [0.25, 0.3) is 16.8 Å². The molecule has 1 aromatic heterocycles. The first-order valence-electron chi connectivity index (χ1n) is 11.5. The van der Waals surface area contributed by atoms with Crippen LogP contribution in [0.1, 0.15) is 29.7 Å². The second-order valence-corrected chi connectivity index (χ2v) is 8.88. The van der Waals surface area contributed by atoms with Gasteiger partial charge in [0.15, 0.2) is 5.82 Å². The lowest BCUT2D eigenvalue weighted by Gasteiger charge is -2.12. The fourth-order valence-corrected chi connectivity index (χ4v) is 4.19.